The number of hydrogen-bond acceptors (Lipinski definition) is 2. The lowest BCUT2D eigenvalue weighted by molar-refractivity contribution is 0.362. The number of hydrogen-bond donors (Lipinski definition) is 0. The molecule has 0 saturated heterocycles. The second kappa shape index (κ2) is 6.49. The van der Waals surface area contributed by atoms with Gasteiger partial charge in [-0.1, -0.05) is 72.3 Å². The van der Waals surface area contributed by atoms with Crippen LogP contribution in [0.1, 0.15) is 0 Å². The van der Waals surface area contributed by atoms with Gasteiger partial charge in [0.2, 0.25) is 0 Å². The number of ether oxygens (including phenoxy) is 2. The molecule has 0 fully saturated rings. The van der Waals surface area contributed by atoms with Crippen molar-refractivity contribution in [3.63, 3.8) is 0 Å². The highest BCUT2D eigenvalue weighted by atomic mass is 35.5. The molecule has 0 amide bonds. The molecule has 1 aliphatic rings. The molecule has 1 heterocycles. The Kier molecular flexibility index (Phi) is 3.84. The topological polar surface area (TPSA) is 18.5 Å². The minimum Gasteiger partial charge on any atom is -0.449 e. The van der Waals surface area contributed by atoms with Gasteiger partial charge in [0.15, 0.2) is 23.0 Å². The van der Waals surface area contributed by atoms with Crippen molar-refractivity contribution in [2.45, 2.75) is 0 Å². The third-order valence-corrected chi connectivity index (χ3v) is 4.96. The summed E-state index contributed by atoms with van der Waals surface area (Å²) in [7, 11) is 0. The molecular formula is C24H15ClO2. The maximum absolute atomic E-state index is 6.46. The van der Waals surface area contributed by atoms with Crippen LogP contribution in [0.15, 0.2) is 91.0 Å². The highest BCUT2D eigenvalue weighted by Crippen LogP contribution is 2.54. The van der Waals surface area contributed by atoms with Gasteiger partial charge in [-0.3, -0.25) is 0 Å². The highest BCUT2D eigenvalue weighted by Gasteiger charge is 2.26. The summed E-state index contributed by atoms with van der Waals surface area (Å²) >= 11 is 6.46. The van der Waals surface area contributed by atoms with Crippen molar-refractivity contribution >= 4 is 11.6 Å². The van der Waals surface area contributed by atoms with Gasteiger partial charge in [-0.2, -0.15) is 0 Å². The lowest BCUT2D eigenvalue weighted by Gasteiger charge is -2.25. The minimum atomic E-state index is 0.676. The summed E-state index contributed by atoms with van der Waals surface area (Å²) in [4.78, 5) is 0. The van der Waals surface area contributed by atoms with Crippen LogP contribution in [0.2, 0.25) is 5.02 Å². The van der Waals surface area contributed by atoms with Crippen molar-refractivity contribution in [2.75, 3.05) is 0 Å². The van der Waals surface area contributed by atoms with Crippen molar-refractivity contribution in [1.29, 1.82) is 0 Å². The van der Waals surface area contributed by atoms with Gasteiger partial charge in [0.25, 0.3) is 0 Å². The molecule has 0 aromatic heterocycles. The van der Waals surface area contributed by atoms with Gasteiger partial charge in [-0.15, -0.1) is 0 Å². The summed E-state index contributed by atoms with van der Waals surface area (Å²) in [6.45, 7) is 0. The van der Waals surface area contributed by atoms with Gasteiger partial charge in [0.1, 0.15) is 0 Å². The van der Waals surface area contributed by atoms with E-state index in [0.29, 0.717) is 28.0 Å². The fourth-order valence-electron chi connectivity index (χ4n) is 3.34. The Bertz CT molecular complexity index is 1140. The zero-order chi connectivity index (χ0) is 18.2. The van der Waals surface area contributed by atoms with E-state index in [0.717, 1.165) is 22.3 Å². The molecule has 0 unspecified atom stereocenters. The lowest BCUT2D eigenvalue weighted by Crippen LogP contribution is -2.02. The normalized spacial score (nSPS) is 11.7. The molecule has 27 heavy (non-hydrogen) atoms. The van der Waals surface area contributed by atoms with Crippen LogP contribution in [0.3, 0.4) is 0 Å². The first-order chi connectivity index (χ1) is 13.3. The molecule has 130 valence electrons. The summed E-state index contributed by atoms with van der Waals surface area (Å²) in [5.41, 5.74) is 3.88. The van der Waals surface area contributed by atoms with Gasteiger partial charge >= 0.3 is 0 Å². The number of fused-ring (bicyclic) bond motifs is 2. The number of rotatable bonds is 2. The highest BCUT2D eigenvalue weighted by molar-refractivity contribution is 6.33. The van der Waals surface area contributed by atoms with E-state index in [-0.39, 0.29) is 0 Å². The predicted octanol–water partition coefficient (Wildman–Crippen LogP) is 7.57. The number of halogens is 1. The molecule has 0 saturated carbocycles. The Hall–Kier alpha value is -3.23. The van der Waals surface area contributed by atoms with Crippen LogP contribution < -0.4 is 9.47 Å². The SMILES string of the molecule is Clc1ccccc1-c1ccc(-c2ccccc2)c2c1Oc1ccccc1O2. The van der Waals surface area contributed by atoms with Gasteiger partial charge < -0.3 is 9.47 Å². The first kappa shape index (κ1) is 16.0. The van der Waals surface area contributed by atoms with Crippen molar-refractivity contribution in [3.05, 3.63) is 96.0 Å². The third kappa shape index (κ3) is 2.75. The fourth-order valence-corrected chi connectivity index (χ4v) is 3.58. The lowest BCUT2D eigenvalue weighted by atomic mass is 9.97. The van der Waals surface area contributed by atoms with E-state index in [1.165, 1.54) is 0 Å². The number of benzene rings is 4. The summed E-state index contributed by atoms with van der Waals surface area (Å²) in [5.74, 6) is 2.79. The zero-order valence-corrected chi connectivity index (χ0v) is 15.1. The van der Waals surface area contributed by atoms with Crippen molar-refractivity contribution in [3.8, 4) is 45.3 Å². The molecule has 0 bridgehead atoms. The maximum atomic E-state index is 6.46. The Morgan fingerprint density at radius 3 is 1.74 bits per heavy atom. The Labute approximate surface area is 162 Å². The molecule has 0 N–H and O–H groups in total. The van der Waals surface area contributed by atoms with Crippen LogP contribution in [0.5, 0.6) is 23.0 Å². The summed E-state index contributed by atoms with van der Waals surface area (Å²) in [6.07, 6.45) is 0. The molecule has 0 spiro atoms. The van der Waals surface area contributed by atoms with Gasteiger partial charge in [-0.05, 0) is 35.9 Å². The minimum absolute atomic E-state index is 0.676. The van der Waals surface area contributed by atoms with Crippen molar-refractivity contribution in [1.82, 2.24) is 0 Å². The van der Waals surface area contributed by atoms with E-state index in [2.05, 4.69) is 18.2 Å². The molecule has 1 aliphatic heterocycles. The smallest absolute Gasteiger partial charge is 0.178 e. The summed E-state index contributed by atoms with van der Waals surface area (Å²) in [5, 5.41) is 0.676. The van der Waals surface area contributed by atoms with E-state index in [9.17, 15) is 0 Å². The van der Waals surface area contributed by atoms with Gasteiger partial charge in [0.05, 0.1) is 0 Å². The molecule has 3 heteroatoms. The molecule has 0 aliphatic carbocycles. The molecule has 2 nitrogen and oxygen atoms in total. The van der Waals surface area contributed by atoms with Crippen LogP contribution in [0.4, 0.5) is 0 Å². The quantitative estimate of drug-likeness (QED) is 0.319. The van der Waals surface area contributed by atoms with Gasteiger partial charge in [-0.25, -0.2) is 0 Å². The Morgan fingerprint density at radius 1 is 0.481 bits per heavy atom. The van der Waals surface area contributed by atoms with Crippen LogP contribution in [0, 0.1) is 0 Å². The summed E-state index contributed by atoms with van der Waals surface area (Å²) in [6, 6.07) is 29.7. The second-order valence-electron chi connectivity index (χ2n) is 6.32. The summed E-state index contributed by atoms with van der Waals surface area (Å²) < 4.78 is 12.6. The van der Waals surface area contributed by atoms with E-state index in [1.54, 1.807) is 0 Å². The molecule has 4 aromatic carbocycles. The fraction of sp³-hybridized carbons (Fsp3) is 0. The standard InChI is InChI=1S/C24H15ClO2/c25-20-11-5-4-10-18(20)19-15-14-17(16-8-2-1-3-9-16)23-24(19)27-22-13-7-6-12-21(22)26-23/h1-15H. The van der Waals surface area contributed by atoms with E-state index < -0.39 is 0 Å². The average Bonchev–Trinajstić information content (AvgIpc) is 2.73. The Morgan fingerprint density at radius 2 is 1.04 bits per heavy atom. The zero-order valence-electron chi connectivity index (χ0n) is 14.4. The maximum Gasteiger partial charge on any atom is 0.178 e. The van der Waals surface area contributed by atoms with Crippen LogP contribution in [-0.4, -0.2) is 0 Å². The van der Waals surface area contributed by atoms with E-state index in [1.807, 2.05) is 72.8 Å². The van der Waals surface area contributed by atoms with Gasteiger partial charge in [0, 0.05) is 21.7 Å². The largest absolute Gasteiger partial charge is 0.449 e. The molecule has 4 aromatic rings. The Balaban J connectivity index is 1.76. The first-order valence-electron chi connectivity index (χ1n) is 8.73. The second-order valence-corrected chi connectivity index (χ2v) is 6.72. The van der Waals surface area contributed by atoms with E-state index >= 15 is 0 Å². The van der Waals surface area contributed by atoms with E-state index in [4.69, 9.17) is 21.1 Å². The molecule has 5 rings (SSSR count). The first-order valence-corrected chi connectivity index (χ1v) is 9.11. The monoisotopic (exact) mass is 370 g/mol. The van der Waals surface area contributed by atoms with Crippen LogP contribution in [0.25, 0.3) is 22.3 Å². The average molecular weight is 371 g/mol. The third-order valence-electron chi connectivity index (χ3n) is 4.63. The van der Waals surface area contributed by atoms with Crippen molar-refractivity contribution < 1.29 is 9.47 Å². The van der Waals surface area contributed by atoms with Crippen molar-refractivity contribution in [2.24, 2.45) is 0 Å². The molecule has 0 radical (unpaired) electrons. The number of para-hydroxylation sites is 2. The molecular weight excluding hydrogens is 356 g/mol. The van der Waals surface area contributed by atoms with Crippen LogP contribution >= 0.6 is 11.6 Å². The predicted molar refractivity (Wildman–Crippen MR) is 109 cm³/mol. The molecule has 0 atom stereocenters. The van der Waals surface area contributed by atoms with Crippen LogP contribution in [-0.2, 0) is 0 Å².